The molecule has 1 fully saturated rings. The summed E-state index contributed by atoms with van der Waals surface area (Å²) >= 11 is 0. The molecule has 0 radical (unpaired) electrons. The van der Waals surface area contributed by atoms with E-state index in [0.717, 1.165) is 64.7 Å². The van der Waals surface area contributed by atoms with E-state index in [1.165, 1.54) is 12.1 Å². The maximum Gasteiger partial charge on any atom is 0.135 e. The van der Waals surface area contributed by atoms with Crippen LogP contribution in [0.3, 0.4) is 0 Å². The molecule has 6 N–H and O–H groups in total. The van der Waals surface area contributed by atoms with Crippen molar-refractivity contribution < 1.29 is 9.50 Å². The minimum Gasteiger partial charge on any atom is -0.392 e. The van der Waals surface area contributed by atoms with E-state index in [2.05, 4.69) is 28.4 Å². The lowest BCUT2D eigenvalue weighted by Gasteiger charge is -2.28. The van der Waals surface area contributed by atoms with E-state index in [4.69, 9.17) is 11.5 Å². The van der Waals surface area contributed by atoms with Crippen molar-refractivity contribution in [2.24, 2.45) is 16.5 Å². The Morgan fingerprint density at radius 3 is 2.68 bits per heavy atom. The van der Waals surface area contributed by atoms with Crippen molar-refractivity contribution in [2.75, 3.05) is 5.32 Å². The lowest BCUT2D eigenvalue weighted by molar-refractivity contribution is 0.282. The standard InChI is InChI=1S/C30H35FN6O/c1-3-20-6-7-22(31)14-27(20)36-30(33)26-15-34-37-16-21(25-12-19(17-38)5-4-18(25)2)13-28(37)29(26)35-24-10-8-23(32)9-11-24/h4-7,12-16,23-24,35,38H,3,8-11,17,32H2,1-2H3,(H2,33,36). The van der Waals surface area contributed by atoms with Gasteiger partial charge in [0, 0.05) is 23.8 Å². The number of aromatic nitrogens is 2. The molecule has 1 aliphatic carbocycles. The molecule has 198 valence electrons. The molecular formula is C30H35FN6O. The Hall–Kier alpha value is -3.75. The van der Waals surface area contributed by atoms with Crippen molar-refractivity contribution >= 4 is 22.7 Å². The average molecular weight is 515 g/mol. The molecular weight excluding hydrogens is 479 g/mol. The van der Waals surface area contributed by atoms with Gasteiger partial charge in [0.25, 0.3) is 0 Å². The fraction of sp³-hybridized carbons (Fsp3) is 0.333. The number of aryl methyl sites for hydroxylation is 2. The molecule has 1 saturated carbocycles. The number of benzene rings is 2. The molecule has 0 unspecified atom stereocenters. The first kappa shape index (κ1) is 25.9. The highest BCUT2D eigenvalue weighted by Crippen LogP contribution is 2.33. The van der Waals surface area contributed by atoms with Gasteiger partial charge in [0.2, 0.25) is 0 Å². The van der Waals surface area contributed by atoms with Crippen molar-refractivity contribution in [3.05, 3.63) is 82.9 Å². The topological polar surface area (TPSA) is 114 Å². The first-order chi connectivity index (χ1) is 18.4. The number of fused-ring (bicyclic) bond motifs is 1. The number of nitrogens with one attached hydrogen (secondary N) is 1. The SMILES string of the molecule is CCc1ccc(F)cc1N=C(N)c1cnn2cc(-c3cc(CO)ccc3C)cc2c1NC1CCC(N)CC1. The second kappa shape index (κ2) is 10.9. The molecule has 0 aliphatic heterocycles. The van der Waals surface area contributed by atoms with Crippen LogP contribution < -0.4 is 16.8 Å². The van der Waals surface area contributed by atoms with Gasteiger partial charge >= 0.3 is 0 Å². The van der Waals surface area contributed by atoms with Gasteiger partial charge in [0.05, 0.1) is 35.3 Å². The van der Waals surface area contributed by atoms with Crippen molar-refractivity contribution in [1.82, 2.24) is 9.61 Å². The number of halogens is 1. The van der Waals surface area contributed by atoms with E-state index in [1.807, 2.05) is 35.8 Å². The largest absolute Gasteiger partial charge is 0.392 e. The van der Waals surface area contributed by atoms with Gasteiger partial charge in [0.1, 0.15) is 11.7 Å². The summed E-state index contributed by atoms with van der Waals surface area (Å²) in [4.78, 5) is 4.65. The van der Waals surface area contributed by atoms with Gasteiger partial charge in [-0.3, -0.25) is 0 Å². The summed E-state index contributed by atoms with van der Waals surface area (Å²) < 4.78 is 15.9. The molecule has 2 aromatic carbocycles. The highest BCUT2D eigenvalue weighted by molar-refractivity contribution is 6.06. The molecule has 0 bridgehead atoms. The minimum absolute atomic E-state index is 0.0213. The van der Waals surface area contributed by atoms with Crippen LogP contribution in [0.1, 0.15) is 54.9 Å². The number of aliphatic hydroxyl groups excluding tert-OH is 1. The molecule has 0 saturated heterocycles. The lowest BCUT2D eigenvalue weighted by atomic mass is 9.91. The number of rotatable bonds is 7. The Morgan fingerprint density at radius 1 is 1.16 bits per heavy atom. The van der Waals surface area contributed by atoms with Crippen LogP contribution in [-0.4, -0.2) is 32.6 Å². The zero-order chi connectivity index (χ0) is 26.8. The van der Waals surface area contributed by atoms with Gasteiger partial charge < -0.3 is 21.9 Å². The number of aliphatic imine (C=N–C) groups is 1. The van der Waals surface area contributed by atoms with E-state index in [-0.39, 0.29) is 30.3 Å². The Bertz CT molecular complexity index is 1490. The zero-order valence-electron chi connectivity index (χ0n) is 21.9. The maximum absolute atomic E-state index is 14.1. The Labute approximate surface area is 222 Å². The predicted molar refractivity (Wildman–Crippen MR) is 151 cm³/mol. The highest BCUT2D eigenvalue weighted by Gasteiger charge is 2.22. The maximum atomic E-state index is 14.1. The number of nitrogens with two attached hydrogens (primary N) is 2. The summed E-state index contributed by atoms with van der Waals surface area (Å²) in [7, 11) is 0. The van der Waals surface area contributed by atoms with Crippen LogP contribution >= 0.6 is 0 Å². The van der Waals surface area contributed by atoms with Crippen LogP contribution in [0.15, 0.2) is 59.9 Å². The molecule has 7 nitrogen and oxygen atoms in total. The molecule has 2 aromatic heterocycles. The summed E-state index contributed by atoms with van der Waals surface area (Å²) in [5.41, 5.74) is 20.6. The van der Waals surface area contributed by atoms with Gasteiger partial charge in [-0.1, -0.05) is 25.1 Å². The zero-order valence-corrected chi connectivity index (χ0v) is 21.9. The summed E-state index contributed by atoms with van der Waals surface area (Å²) in [5.74, 6) is -0.0764. The average Bonchev–Trinajstić information content (AvgIpc) is 3.35. The summed E-state index contributed by atoms with van der Waals surface area (Å²) in [5, 5.41) is 18.1. The van der Waals surface area contributed by atoms with Gasteiger partial charge in [-0.2, -0.15) is 5.10 Å². The lowest BCUT2D eigenvalue weighted by Crippen LogP contribution is -2.33. The number of amidine groups is 1. The van der Waals surface area contributed by atoms with Gasteiger partial charge in [0.15, 0.2) is 0 Å². The van der Waals surface area contributed by atoms with E-state index >= 15 is 0 Å². The molecule has 8 heteroatoms. The van der Waals surface area contributed by atoms with Crippen LogP contribution in [0.4, 0.5) is 15.8 Å². The monoisotopic (exact) mass is 514 g/mol. The van der Waals surface area contributed by atoms with E-state index in [0.29, 0.717) is 17.7 Å². The Kier molecular flexibility index (Phi) is 7.44. The third-order valence-electron chi connectivity index (χ3n) is 7.50. The van der Waals surface area contributed by atoms with Crippen molar-refractivity contribution in [1.29, 1.82) is 0 Å². The summed E-state index contributed by atoms with van der Waals surface area (Å²) in [6.07, 6.45) is 8.25. The van der Waals surface area contributed by atoms with Crippen LogP contribution in [0.25, 0.3) is 16.6 Å². The van der Waals surface area contributed by atoms with Crippen LogP contribution in [0.2, 0.25) is 0 Å². The number of anilines is 1. The smallest absolute Gasteiger partial charge is 0.135 e. The molecule has 1 aliphatic rings. The molecule has 0 spiro atoms. The van der Waals surface area contributed by atoms with Crippen molar-refractivity contribution in [3.63, 3.8) is 0 Å². The summed E-state index contributed by atoms with van der Waals surface area (Å²) in [6, 6.07) is 13.1. The van der Waals surface area contributed by atoms with Gasteiger partial charge in [-0.15, -0.1) is 0 Å². The number of nitrogens with zero attached hydrogens (tertiary/aromatic N) is 3. The third-order valence-corrected chi connectivity index (χ3v) is 7.50. The fourth-order valence-corrected chi connectivity index (χ4v) is 5.23. The molecule has 38 heavy (non-hydrogen) atoms. The van der Waals surface area contributed by atoms with Crippen LogP contribution in [-0.2, 0) is 13.0 Å². The first-order valence-corrected chi connectivity index (χ1v) is 13.2. The highest BCUT2D eigenvalue weighted by atomic mass is 19.1. The molecule has 2 heterocycles. The van der Waals surface area contributed by atoms with Crippen molar-refractivity contribution in [3.8, 4) is 11.1 Å². The van der Waals surface area contributed by atoms with E-state index in [9.17, 15) is 9.50 Å². The second-order valence-corrected chi connectivity index (χ2v) is 10.2. The Morgan fingerprint density at radius 2 is 1.95 bits per heavy atom. The van der Waals surface area contributed by atoms with Crippen LogP contribution in [0.5, 0.6) is 0 Å². The number of hydrogen-bond acceptors (Lipinski definition) is 5. The molecule has 0 amide bonds. The summed E-state index contributed by atoms with van der Waals surface area (Å²) in [6.45, 7) is 4.04. The quantitative estimate of drug-likeness (QED) is 0.199. The van der Waals surface area contributed by atoms with Gasteiger partial charge in [-0.25, -0.2) is 13.9 Å². The van der Waals surface area contributed by atoms with E-state index in [1.54, 1.807) is 12.3 Å². The van der Waals surface area contributed by atoms with Gasteiger partial charge in [-0.05, 0) is 85.5 Å². The minimum atomic E-state index is -0.351. The number of aliphatic hydroxyl groups is 1. The second-order valence-electron chi connectivity index (χ2n) is 10.2. The Balaban J connectivity index is 1.63. The molecule has 4 aromatic rings. The van der Waals surface area contributed by atoms with Crippen molar-refractivity contribution in [2.45, 2.75) is 64.6 Å². The fourth-order valence-electron chi connectivity index (χ4n) is 5.23. The predicted octanol–water partition coefficient (Wildman–Crippen LogP) is 5.22. The molecule has 0 atom stereocenters. The molecule has 5 rings (SSSR count). The van der Waals surface area contributed by atoms with Crippen LogP contribution in [0, 0.1) is 12.7 Å². The first-order valence-electron chi connectivity index (χ1n) is 13.2. The van der Waals surface area contributed by atoms with E-state index < -0.39 is 0 Å². The number of hydrogen-bond donors (Lipinski definition) is 4. The normalized spacial score (nSPS) is 18.2. The third kappa shape index (κ3) is 5.28.